The molecular weight excluding hydrogens is 304 g/mol. The number of aromatic nitrogens is 4. The van der Waals surface area contributed by atoms with Crippen LogP contribution in [0.3, 0.4) is 0 Å². The van der Waals surface area contributed by atoms with Gasteiger partial charge in [-0.05, 0) is 24.3 Å². The molecule has 0 spiro atoms. The summed E-state index contributed by atoms with van der Waals surface area (Å²) in [7, 11) is -1.23. The van der Waals surface area contributed by atoms with E-state index < -0.39 is 10.8 Å². The summed E-state index contributed by atoms with van der Waals surface area (Å²) in [5.41, 5.74) is 1.04. The molecule has 0 saturated heterocycles. The van der Waals surface area contributed by atoms with Gasteiger partial charge < -0.3 is 4.52 Å². The molecule has 2 heterocycles. The lowest BCUT2D eigenvalue weighted by atomic mass is 10.2. The molecule has 3 rings (SSSR count). The molecule has 0 saturated carbocycles. The normalized spacial score (nSPS) is 12.3. The Hall–Kier alpha value is -2.61. The van der Waals surface area contributed by atoms with E-state index in [0.29, 0.717) is 22.3 Å². The first-order chi connectivity index (χ1) is 10.5. The highest BCUT2D eigenvalue weighted by molar-refractivity contribution is 7.84. The zero-order valence-corrected chi connectivity index (χ0v) is 12.7. The Kier molecular flexibility index (Phi) is 3.68. The third-order valence-corrected chi connectivity index (χ3v) is 3.89. The highest BCUT2D eigenvalue weighted by Crippen LogP contribution is 2.17. The number of rotatable bonds is 3. The fourth-order valence-electron chi connectivity index (χ4n) is 1.91. The quantitative estimate of drug-likeness (QED) is 0.724. The van der Waals surface area contributed by atoms with Gasteiger partial charge >= 0.3 is 0 Å². The Bertz CT molecular complexity index is 899. The molecule has 0 aliphatic heterocycles. The molecule has 0 N–H and O–H groups in total. The second kappa shape index (κ2) is 5.64. The number of aryl methyl sites for hydroxylation is 1. The first-order valence-electron chi connectivity index (χ1n) is 6.38. The minimum absolute atomic E-state index is 0.337. The molecule has 1 atom stereocenters. The van der Waals surface area contributed by atoms with E-state index in [1.165, 1.54) is 23.2 Å². The molecule has 2 aromatic heterocycles. The van der Waals surface area contributed by atoms with E-state index in [4.69, 9.17) is 4.52 Å². The second-order valence-electron chi connectivity index (χ2n) is 4.58. The van der Waals surface area contributed by atoms with E-state index in [-0.39, 0.29) is 5.56 Å². The van der Waals surface area contributed by atoms with Crippen molar-refractivity contribution in [3.63, 3.8) is 0 Å². The fourth-order valence-corrected chi connectivity index (χ4v) is 2.37. The third kappa shape index (κ3) is 2.73. The van der Waals surface area contributed by atoms with Gasteiger partial charge in [-0.25, -0.2) is 0 Å². The van der Waals surface area contributed by atoms with Gasteiger partial charge in [-0.2, -0.15) is 14.8 Å². The van der Waals surface area contributed by atoms with Gasteiger partial charge in [0.2, 0.25) is 11.7 Å². The van der Waals surface area contributed by atoms with Crippen LogP contribution >= 0.6 is 0 Å². The predicted molar refractivity (Wildman–Crippen MR) is 80.2 cm³/mol. The van der Waals surface area contributed by atoms with Crippen molar-refractivity contribution in [1.29, 1.82) is 0 Å². The Morgan fingerprint density at radius 2 is 1.95 bits per heavy atom. The number of nitrogens with zero attached hydrogens (tertiary/aromatic N) is 4. The second-order valence-corrected chi connectivity index (χ2v) is 5.96. The number of hydrogen-bond acceptors (Lipinski definition) is 6. The molecule has 0 fully saturated rings. The minimum atomic E-state index is -1.23. The lowest BCUT2D eigenvalue weighted by Crippen LogP contribution is -2.20. The van der Waals surface area contributed by atoms with E-state index in [1.54, 1.807) is 31.2 Å². The minimum Gasteiger partial charge on any atom is -0.339 e. The van der Waals surface area contributed by atoms with Gasteiger partial charge in [0.25, 0.3) is 5.56 Å². The van der Waals surface area contributed by atoms with Crippen molar-refractivity contribution in [1.82, 2.24) is 19.9 Å². The van der Waals surface area contributed by atoms with Crippen molar-refractivity contribution in [2.45, 2.75) is 11.8 Å². The van der Waals surface area contributed by atoms with Crippen LogP contribution in [0.1, 0.15) is 5.89 Å². The summed E-state index contributed by atoms with van der Waals surface area (Å²) >= 11 is 0. The maximum Gasteiger partial charge on any atom is 0.272 e. The average molecular weight is 316 g/mol. The molecule has 0 aliphatic carbocycles. The predicted octanol–water partition coefficient (Wildman–Crippen LogP) is 1.33. The van der Waals surface area contributed by atoms with Gasteiger partial charge in [0.1, 0.15) is 0 Å². The molecule has 7 nitrogen and oxygen atoms in total. The van der Waals surface area contributed by atoms with Gasteiger partial charge in [0.15, 0.2) is 0 Å². The maximum atomic E-state index is 12.0. The summed E-state index contributed by atoms with van der Waals surface area (Å²) in [6, 6.07) is 8.34. The monoisotopic (exact) mass is 316 g/mol. The van der Waals surface area contributed by atoms with E-state index >= 15 is 0 Å². The molecule has 0 aliphatic rings. The van der Waals surface area contributed by atoms with Gasteiger partial charge in [0, 0.05) is 24.8 Å². The van der Waals surface area contributed by atoms with Crippen molar-refractivity contribution in [3.05, 3.63) is 52.8 Å². The zero-order chi connectivity index (χ0) is 15.7. The molecule has 8 heteroatoms. The highest BCUT2D eigenvalue weighted by atomic mass is 32.2. The van der Waals surface area contributed by atoms with Crippen LogP contribution in [-0.2, 0) is 10.8 Å². The molecular formula is C14H12N4O3S. The molecule has 1 unspecified atom stereocenters. The van der Waals surface area contributed by atoms with Gasteiger partial charge in [-0.3, -0.25) is 9.00 Å². The molecule has 0 bridgehead atoms. The summed E-state index contributed by atoms with van der Waals surface area (Å²) in [5, 5.41) is 7.87. The van der Waals surface area contributed by atoms with Gasteiger partial charge in [0.05, 0.1) is 27.6 Å². The first-order valence-corrected chi connectivity index (χ1v) is 7.94. The van der Waals surface area contributed by atoms with Crippen molar-refractivity contribution in [2.24, 2.45) is 0 Å². The van der Waals surface area contributed by atoms with Crippen molar-refractivity contribution in [2.75, 3.05) is 6.26 Å². The van der Waals surface area contributed by atoms with E-state index in [0.717, 1.165) is 5.56 Å². The van der Waals surface area contributed by atoms with Gasteiger partial charge in [-0.1, -0.05) is 5.16 Å². The van der Waals surface area contributed by atoms with E-state index in [9.17, 15) is 9.00 Å². The number of hydrogen-bond donors (Lipinski definition) is 0. The molecule has 0 amide bonds. The molecule has 1 aromatic carbocycles. The molecule has 22 heavy (non-hydrogen) atoms. The summed E-state index contributed by atoms with van der Waals surface area (Å²) in [6.45, 7) is 1.72. The maximum absolute atomic E-state index is 12.0. The Balaban J connectivity index is 1.96. The average Bonchev–Trinajstić information content (AvgIpc) is 2.94. The SMILES string of the molecule is Cc1nc(-c2ccc(-n3ncc(S(C)=O)cc3=O)cc2)no1. The fraction of sp³-hybridized carbons (Fsp3) is 0.143. The van der Waals surface area contributed by atoms with Crippen LogP contribution in [0.4, 0.5) is 0 Å². The zero-order valence-electron chi connectivity index (χ0n) is 11.9. The molecule has 0 radical (unpaired) electrons. The smallest absolute Gasteiger partial charge is 0.272 e. The highest BCUT2D eigenvalue weighted by Gasteiger charge is 2.08. The van der Waals surface area contributed by atoms with Crippen molar-refractivity contribution < 1.29 is 8.73 Å². The Morgan fingerprint density at radius 1 is 1.23 bits per heavy atom. The number of benzene rings is 1. The van der Waals surface area contributed by atoms with Crippen LogP contribution in [0.5, 0.6) is 0 Å². The third-order valence-electron chi connectivity index (χ3n) is 3.00. The Morgan fingerprint density at radius 3 is 2.50 bits per heavy atom. The largest absolute Gasteiger partial charge is 0.339 e. The van der Waals surface area contributed by atoms with Crippen LogP contribution in [0.2, 0.25) is 0 Å². The van der Waals surface area contributed by atoms with Crippen LogP contribution < -0.4 is 5.56 Å². The topological polar surface area (TPSA) is 90.9 Å². The Labute approximate surface area is 128 Å². The van der Waals surface area contributed by atoms with Crippen LogP contribution in [0, 0.1) is 6.92 Å². The van der Waals surface area contributed by atoms with E-state index in [2.05, 4.69) is 15.2 Å². The van der Waals surface area contributed by atoms with Crippen LogP contribution in [-0.4, -0.2) is 30.4 Å². The van der Waals surface area contributed by atoms with E-state index in [1.807, 2.05) is 0 Å². The lowest BCUT2D eigenvalue weighted by molar-refractivity contribution is 0.394. The summed E-state index contributed by atoms with van der Waals surface area (Å²) < 4.78 is 17.5. The van der Waals surface area contributed by atoms with Gasteiger partial charge in [-0.15, -0.1) is 0 Å². The van der Waals surface area contributed by atoms with Crippen molar-refractivity contribution >= 4 is 10.8 Å². The summed E-state index contributed by atoms with van der Waals surface area (Å²) in [4.78, 5) is 16.6. The first kappa shape index (κ1) is 14.3. The summed E-state index contributed by atoms with van der Waals surface area (Å²) in [5.74, 6) is 0.973. The summed E-state index contributed by atoms with van der Waals surface area (Å²) in [6.07, 6.45) is 2.93. The van der Waals surface area contributed by atoms with Crippen LogP contribution in [0.15, 0.2) is 50.7 Å². The standard InChI is InChI=1S/C14H12N4O3S/c1-9-16-14(17-21-9)10-3-5-11(6-4-10)18-13(19)7-12(8-15-18)22(2)20/h3-8H,1-2H3. The van der Waals surface area contributed by atoms with Crippen LogP contribution in [0.25, 0.3) is 17.1 Å². The van der Waals surface area contributed by atoms with Crippen molar-refractivity contribution in [3.8, 4) is 17.1 Å². The molecule has 112 valence electrons. The molecule has 3 aromatic rings. The lowest BCUT2D eigenvalue weighted by Gasteiger charge is -2.05.